The fourth-order valence-electron chi connectivity index (χ4n) is 3.55. The van der Waals surface area contributed by atoms with E-state index in [1.165, 1.54) is 36.0 Å². The normalized spacial score (nSPS) is 16.6. The smallest absolute Gasteiger partial charge is 0.430 e. The van der Waals surface area contributed by atoms with Gasteiger partial charge in [-0.1, -0.05) is 60.3 Å². The van der Waals surface area contributed by atoms with Gasteiger partial charge in [0.25, 0.3) is 0 Å². The number of hydrogen-bond acceptors (Lipinski definition) is 5. The first-order valence-corrected chi connectivity index (χ1v) is 8.70. The maximum absolute atomic E-state index is 12.7. The number of fused-ring (bicyclic) bond motifs is 5. The van der Waals surface area contributed by atoms with Gasteiger partial charge in [0.2, 0.25) is 0 Å². The number of thioether (sulfide) groups is 1. The zero-order chi connectivity index (χ0) is 17.6. The Morgan fingerprint density at radius 2 is 1.44 bits per heavy atom. The fraction of sp³-hybridized carbons (Fsp3) is 0.222. The highest BCUT2D eigenvalue weighted by Gasteiger charge is 2.58. The van der Waals surface area contributed by atoms with Gasteiger partial charge in [0.15, 0.2) is 4.87 Å². The van der Waals surface area contributed by atoms with Crippen molar-refractivity contribution in [3.05, 3.63) is 59.7 Å². The van der Waals surface area contributed by atoms with Crippen molar-refractivity contribution >= 4 is 23.9 Å². The van der Waals surface area contributed by atoms with Gasteiger partial charge >= 0.3 is 12.2 Å². The number of amides is 2. The van der Waals surface area contributed by atoms with Gasteiger partial charge in [-0.15, -0.1) is 0 Å². The molecule has 0 N–H and O–H groups in total. The van der Waals surface area contributed by atoms with Gasteiger partial charge in [-0.25, -0.2) is 14.6 Å². The lowest BCUT2D eigenvalue weighted by atomic mass is 10.0. The molecule has 0 radical (unpaired) electrons. The van der Waals surface area contributed by atoms with Crippen molar-refractivity contribution in [3.8, 4) is 11.1 Å². The Bertz CT molecular complexity index is 824. The molecule has 1 spiro atoms. The number of hydrazine groups is 1. The van der Waals surface area contributed by atoms with Gasteiger partial charge in [-0.05, 0) is 11.1 Å². The molecule has 25 heavy (non-hydrogen) atoms. The number of methoxy groups -OCH3 is 2. The molecular formula is C18H16N2O4S. The van der Waals surface area contributed by atoms with Crippen LogP contribution in [0.2, 0.25) is 0 Å². The van der Waals surface area contributed by atoms with E-state index < -0.39 is 17.1 Å². The average Bonchev–Trinajstić information content (AvgIpc) is 3.20. The van der Waals surface area contributed by atoms with Crippen molar-refractivity contribution in [2.45, 2.75) is 4.87 Å². The molecule has 2 aromatic carbocycles. The molecule has 1 saturated heterocycles. The lowest BCUT2D eigenvalue weighted by Gasteiger charge is -2.36. The second kappa shape index (κ2) is 5.70. The van der Waals surface area contributed by atoms with Crippen LogP contribution in [-0.4, -0.2) is 42.3 Å². The van der Waals surface area contributed by atoms with Crippen molar-refractivity contribution in [2.24, 2.45) is 0 Å². The number of carbonyl (C=O) groups excluding carboxylic acids is 2. The maximum atomic E-state index is 12.7. The number of nitrogens with zero attached hydrogens (tertiary/aromatic N) is 2. The van der Waals surface area contributed by atoms with E-state index in [2.05, 4.69) is 0 Å². The van der Waals surface area contributed by atoms with E-state index in [4.69, 9.17) is 9.47 Å². The summed E-state index contributed by atoms with van der Waals surface area (Å²) in [5.74, 6) is 0.282. The highest BCUT2D eigenvalue weighted by Crippen LogP contribution is 2.60. The monoisotopic (exact) mass is 356 g/mol. The summed E-state index contributed by atoms with van der Waals surface area (Å²) in [6.45, 7) is 0. The molecule has 1 aliphatic heterocycles. The predicted octanol–water partition coefficient (Wildman–Crippen LogP) is 3.62. The van der Waals surface area contributed by atoms with Crippen LogP contribution in [0.4, 0.5) is 9.59 Å². The number of hydrogen-bond donors (Lipinski definition) is 0. The van der Waals surface area contributed by atoms with Crippen LogP contribution in [0, 0.1) is 0 Å². The van der Waals surface area contributed by atoms with E-state index in [1.807, 2.05) is 48.5 Å². The highest BCUT2D eigenvalue weighted by atomic mass is 32.2. The van der Waals surface area contributed by atoms with E-state index in [0.29, 0.717) is 0 Å². The fourth-order valence-corrected chi connectivity index (χ4v) is 5.04. The lowest BCUT2D eigenvalue weighted by molar-refractivity contribution is -0.0135. The summed E-state index contributed by atoms with van der Waals surface area (Å²) in [4.78, 5) is 24.1. The number of benzene rings is 2. The third-order valence-electron chi connectivity index (χ3n) is 4.54. The minimum atomic E-state index is -0.853. The molecule has 128 valence electrons. The Morgan fingerprint density at radius 3 is 1.96 bits per heavy atom. The maximum Gasteiger partial charge on any atom is 0.430 e. The SMILES string of the molecule is COC(=O)N1CSC2(c3ccccc3-c3ccccc32)N1C(=O)OC. The third-order valence-corrected chi connectivity index (χ3v) is 5.95. The molecule has 4 rings (SSSR count). The molecule has 6 nitrogen and oxygen atoms in total. The summed E-state index contributed by atoms with van der Waals surface area (Å²) in [5.41, 5.74) is 4.01. The molecule has 0 saturated carbocycles. The number of carbonyl (C=O) groups is 2. The Morgan fingerprint density at radius 1 is 0.920 bits per heavy atom. The van der Waals surface area contributed by atoms with Crippen LogP contribution in [0.25, 0.3) is 11.1 Å². The summed E-state index contributed by atoms with van der Waals surface area (Å²) in [6.07, 6.45) is -1.21. The first-order chi connectivity index (χ1) is 12.1. The van der Waals surface area contributed by atoms with Crippen LogP contribution in [-0.2, 0) is 14.3 Å². The molecule has 1 heterocycles. The third kappa shape index (κ3) is 1.99. The van der Waals surface area contributed by atoms with Crippen LogP contribution in [0.15, 0.2) is 48.5 Å². The van der Waals surface area contributed by atoms with Gasteiger partial charge in [0, 0.05) is 11.1 Å². The van der Waals surface area contributed by atoms with Crippen molar-refractivity contribution in [1.82, 2.24) is 10.0 Å². The zero-order valence-electron chi connectivity index (χ0n) is 13.8. The van der Waals surface area contributed by atoms with Gasteiger partial charge in [0.05, 0.1) is 20.1 Å². The average molecular weight is 356 g/mol. The van der Waals surface area contributed by atoms with E-state index in [-0.39, 0.29) is 5.88 Å². The minimum absolute atomic E-state index is 0.282. The van der Waals surface area contributed by atoms with Gasteiger partial charge < -0.3 is 9.47 Å². The largest absolute Gasteiger partial charge is 0.451 e. The number of rotatable bonds is 0. The highest BCUT2D eigenvalue weighted by molar-refractivity contribution is 8.00. The summed E-state index contributed by atoms with van der Waals surface area (Å²) < 4.78 is 9.86. The Balaban J connectivity index is 1.99. The molecule has 2 aliphatic rings. The Kier molecular flexibility index (Phi) is 3.61. The molecule has 0 bridgehead atoms. The van der Waals surface area contributed by atoms with Crippen molar-refractivity contribution in [1.29, 1.82) is 0 Å². The first-order valence-electron chi connectivity index (χ1n) is 7.72. The quantitative estimate of drug-likeness (QED) is 0.721. The zero-order valence-corrected chi connectivity index (χ0v) is 14.6. The molecule has 2 amide bonds. The van der Waals surface area contributed by atoms with Crippen molar-refractivity contribution in [2.75, 3.05) is 20.1 Å². The second-order valence-electron chi connectivity index (χ2n) is 5.66. The van der Waals surface area contributed by atoms with Crippen LogP contribution in [0.5, 0.6) is 0 Å². The van der Waals surface area contributed by atoms with Crippen LogP contribution < -0.4 is 0 Å². The van der Waals surface area contributed by atoms with E-state index in [1.54, 1.807) is 0 Å². The van der Waals surface area contributed by atoms with Gasteiger partial charge in [-0.3, -0.25) is 0 Å². The van der Waals surface area contributed by atoms with Gasteiger partial charge in [0.1, 0.15) is 0 Å². The molecular weight excluding hydrogens is 340 g/mol. The summed E-state index contributed by atoms with van der Waals surface area (Å²) >= 11 is 1.49. The van der Waals surface area contributed by atoms with Crippen LogP contribution >= 0.6 is 11.8 Å². The second-order valence-corrected chi connectivity index (χ2v) is 6.80. The molecule has 7 heteroatoms. The summed E-state index contributed by atoms with van der Waals surface area (Å²) in [7, 11) is 2.60. The first kappa shape index (κ1) is 15.8. The van der Waals surface area contributed by atoms with E-state index in [9.17, 15) is 9.59 Å². The van der Waals surface area contributed by atoms with Crippen LogP contribution in [0.3, 0.4) is 0 Å². The molecule has 1 fully saturated rings. The van der Waals surface area contributed by atoms with E-state index in [0.717, 1.165) is 22.3 Å². The van der Waals surface area contributed by atoms with Crippen LogP contribution in [0.1, 0.15) is 11.1 Å². The Labute approximate surface area is 149 Å². The molecule has 2 aromatic rings. The number of ether oxygens (including phenoxy) is 2. The molecule has 0 unspecified atom stereocenters. The van der Waals surface area contributed by atoms with Crippen molar-refractivity contribution in [3.63, 3.8) is 0 Å². The Hall–Kier alpha value is -2.67. The topological polar surface area (TPSA) is 59.1 Å². The summed E-state index contributed by atoms with van der Waals surface area (Å²) in [5, 5.41) is 2.66. The molecule has 0 aromatic heterocycles. The van der Waals surface area contributed by atoms with E-state index >= 15 is 0 Å². The summed E-state index contributed by atoms with van der Waals surface area (Å²) in [6, 6.07) is 15.8. The van der Waals surface area contributed by atoms with Gasteiger partial charge in [-0.2, -0.15) is 5.01 Å². The predicted molar refractivity (Wildman–Crippen MR) is 93.6 cm³/mol. The standard InChI is InChI=1S/C18H16N2O4S/c1-23-16(21)19-11-25-18(20(19)17(22)24-2)14-9-5-3-7-12(14)13-8-4-6-10-15(13)18/h3-10H,11H2,1-2H3. The van der Waals surface area contributed by atoms with Crippen molar-refractivity contribution < 1.29 is 19.1 Å². The molecule has 0 atom stereocenters. The lowest BCUT2D eigenvalue weighted by Crippen LogP contribution is -2.52. The minimum Gasteiger partial charge on any atom is -0.451 e. The molecule has 1 aliphatic carbocycles.